The maximum absolute atomic E-state index is 11.5. The molecule has 2 rings (SSSR count). The molecule has 1 N–H and O–H groups in total. The Labute approximate surface area is 124 Å². The molecule has 1 aromatic rings. The van der Waals surface area contributed by atoms with E-state index in [-0.39, 0.29) is 5.41 Å². The van der Waals surface area contributed by atoms with Crippen LogP contribution in [0.4, 0.5) is 5.13 Å². The molecular weight excluding hydrogens is 272 g/mol. The minimum Gasteiger partial charge on any atom is -0.477 e. The Kier molecular flexibility index (Phi) is 4.37. The van der Waals surface area contributed by atoms with Crippen molar-refractivity contribution in [3.8, 4) is 0 Å². The average molecular weight is 296 g/mol. The predicted octanol–water partition coefficient (Wildman–Crippen LogP) is 3.91. The van der Waals surface area contributed by atoms with Crippen LogP contribution in [0, 0.1) is 0 Å². The van der Waals surface area contributed by atoms with Gasteiger partial charge in [0.2, 0.25) is 0 Å². The van der Waals surface area contributed by atoms with E-state index in [1.165, 1.54) is 24.2 Å². The fraction of sp³-hybridized carbons (Fsp3) is 0.733. The highest BCUT2D eigenvalue weighted by molar-refractivity contribution is 7.17. The van der Waals surface area contributed by atoms with Crippen molar-refractivity contribution in [1.82, 2.24) is 4.98 Å². The fourth-order valence-electron chi connectivity index (χ4n) is 2.23. The van der Waals surface area contributed by atoms with E-state index in [0.29, 0.717) is 16.6 Å². The molecule has 4 nitrogen and oxygen atoms in total. The van der Waals surface area contributed by atoms with E-state index in [4.69, 9.17) is 0 Å². The maximum Gasteiger partial charge on any atom is 0.347 e. The molecule has 0 saturated heterocycles. The van der Waals surface area contributed by atoms with Gasteiger partial charge in [0.05, 0.1) is 5.69 Å². The van der Waals surface area contributed by atoms with Crippen molar-refractivity contribution in [3.05, 3.63) is 10.6 Å². The van der Waals surface area contributed by atoms with E-state index in [1.807, 2.05) is 20.8 Å². The average Bonchev–Trinajstić information content (AvgIpc) is 3.05. The van der Waals surface area contributed by atoms with E-state index in [9.17, 15) is 9.90 Å². The van der Waals surface area contributed by atoms with Gasteiger partial charge in [-0.05, 0) is 19.3 Å². The monoisotopic (exact) mass is 296 g/mol. The second-order valence-electron chi connectivity index (χ2n) is 6.51. The standard InChI is InChI=1S/C15H24N2O2S/c1-5-6-9-17(10-7-8-10)14-16-12(15(2,3)4)11(20-14)13(18)19/h10H,5-9H2,1-4H3,(H,18,19). The van der Waals surface area contributed by atoms with Crippen LogP contribution in [-0.2, 0) is 5.41 Å². The minimum absolute atomic E-state index is 0.234. The zero-order valence-corrected chi connectivity index (χ0v) is 13.6. The Morgan fingerprint density at radius 3 is 2.50 bits per heavy atom. The van der Waals surface area contributed by atoms with E-state index in [1.54, 1.807) is 0 Å². The summed E-state index contributed by atoms with van der Waals surface area (Å²) in [7, 11) is 0. The first-order valence-corrected chi connectivity index (χ1v) is 8.17. The van der Waals surface area contributed by atoms with Gasteiger partial charge in [0.15, 0.2) is 5.13 Å². The Hall–Kier alpha value is -1.10. The molecule has 112 valence electrons. The molecule has 0 bridgehead atoms. The van der Waals surface area contributed by atoms with E-state index in [0.717, 1.165) is 24.5 Å². The fourth-order valence-corrected chi connectivity index (χ4v) is 3.45. The van der Waals surface area contributed by atoms with Gasteiger partial charge in [0, 0.05) is 18.0 Å². The molecule has 0 aliphatic heterocycles. The quantitative estimate of drug-likeness (QED) is 0.864. The molecule has 1 aliphatic rings. The van der Waals surface area contributed by atoms with Crippen molar-refractivity contribution in [2.45, 2.75) is 64.8 Å². The highest BCUT2D eigenvalue weighted by atomic mass is 32.1. The van der Waals surface area contributed by atoms with Gasteiger partial charge in [-0.15, -0.1) is 0 Å². The van der Waals surface area contributed by atoms with Gasteiger partial charge in [-0.2, -0.15) is 0 Å². The molecule has 1 fully saturated rings. The van der Waals surface area contributed by atoms with Crippen molar-refractivity contribution in [1.29, 1.82) is 0 Å². The Balaban J connectivity index is 2.33. The normalized spacial score (nSPS) is 15.4. The Bertz CT molecular complexity index is 487. The van der Waals surface area contributed by atoms with Crippen LogP contribution in [0.2, 0.25) is 0 Å². The molecule has 1 aliphatic carbocycles. The molecule has 0 spiro atoms. The lowest BCUT2D eigenvalue weighted by Gasteiger charge is -2.21. The highest BCUT2D eigenvalue weighted by Crippen LogP contribution is 2.38. The van der Waals surface area contributed by atoms with Crippen LogP contribution in [0.5, 0.6) is 0 Å². The molecule has 0 amide bonds. The summed E-state index contributed by atoms with van der Waals surface area (Å²) in [6.45, 7) is 9.22. The SMILES string of the molecule is CCCCN(c1nc(C(C)(C)C)c(C(=O)O)s1)C1CC1. The van der Waals surface area contributed by atoms with E-state index in [2.05, 4.69) is 16.8 Å². The van der Waals surface area contributed by atoms with Crippen LogP contribution in [0.15, 0.2) is 0 Å². The van der Waals surface area contributed by atoms with Crippen LogP contribution >= 0.6 is 11.3 Å². The third-order valence-electron chi connectivity index (χ3n) is 3.51. The third-order valence-corrected chi connectivity index (χ3v) is 4.59. The lowest BCUT2D eigenvalue weighted by atomic mass is 9.91. The molecular formula is C15H24N2O2S. The van der Waals surface area contributed by atoms with E-state index < -0.39 is 5.97 Å². The first kappa shape index (κ1) is 15.3. The zero-order chi connectivity index (χ0) is 14.9. The molecule has 0 aromatic carbocycles. The van der Waals surface area contributed by atoms with Crippen LogP contribution in [0.1, 0.15) is 68.7 Å². The molecule has 0 radical (unpaired) electrons. The highest BCUT2D eigenvalue weighted by Gasteiger charge is 2.34. The number of anilines is 1. The van der Waals surface area contributed by atoms with Crippen LogP contribution < -0.4 is 4.90 Å². The topological polar surface area (TPSA) is 53.4 Å². The van der Waals surface area contributed by atoms with Crippen molar-refractivity contribution in [3.63, 3.8) is 0 Å². The number of thiazole rings is 1. The molecule has 1 saturated carbocycles. The van der Waals surface area contributed by atoms with Crippen molar-refractivity contribution < 1.29 is 9.90 Å². The van der Waals surface area contributed by atoms with Crippen LogP contribution in [0.3, 0.4) is 0 Å². The molecule has 1 heterocycles. The van der Waals surface area contributed by atoms with Gasteiger partial charge in [-0.3, -0.25) is 0 Å². The number of hydrogen-bond acceptors (Lipinski definition) is 4. The summed E-state index contributed by atoms with van der Waals surface area (Å²) in [4.78, 5) is 18.8. The molecule has 0 atom stereocenters. The van der Waals surface area contributed by atoms with E-state index >= 15 is 0 Å². The van der Waals surface area contributed by atoms with Crippen molar-refractivity contribution >= 4 is 22.4 Å². The van der Waals surface area contributed by atoms with Gasteiger partial charge < -0.3 is 10.0 Å². The van der Waals surface area contributed by atoms with Gasteiger partial charge in [-0.1, -0.05) is 45.5 Å². The van der Waals surface area contributed by atoms with Crippen LogP contribution in [0.25, 0.3) is 0 Å². The smallest absolute Gasteiger partial charge is 0.347 e. The number of carboxylic acid groups (broad SMARTS) is 1. The van der Waals surface area contributed by atoms with Gasteiger partial charge >= 0.3 is 5.97 Å². The number of nitrogens with zero attached hydrogens (tertiary/aromatic N) is 2. The number of hydrogen-bond donors (Lipinski definition) is 1. The van der Waals surface area contributed by atoms with Gasteiger partial charge in [0.1, 0.15) is 4.88 Å². The summed E-state index contributed by atoms with van der Waals surface area (Å²) in [5.41, 5.74) is 0.481. The van der Waals surface area contributed by atoms with Gasteiger partial charge in [-0.25, -0.2) is 9.78 Å². The molecule has 1 aromatic heterocycles. The van der Waals surface area contributed by atoms with Gasteiger partial charge in [0.25, 0.3) is 0 Å². The number of carboxylic acids is 1. The number of aromatic carboxylic acids is 1. The second-order valence-corrected chi connectivity index (χ2v) is 7.48. The summed E-state index contributed by atoms with van der Waals surface area (Å²) >= 11 is 1.34. The first-order chi connectivity index (χ1) is 9.34. The van der Waals surface area contributed by atoms with Crippen LogP contribution in [-0.4, -0.2) is 28.6 Å². The molecule has 20 heavy (non-hydrogen) atoms. The number of unbranched alkanes of at least 4 members (excludes halogenated alkanes) is 1. The lowest BCUT2D eigenvalue weighted by molar-refractivity contribution is 0.0699. The molecule has 0 unspecified atom stereocenters. The summed E-state index contributed by atoms with van der Waals surface area (Å²) < 4.78 is 0. The van der Waals surface area contributed by atoms with Crippen molar-refractivity contribution in [2.24, 2.45) is 0 Å². The zero-order valence-electron chi connectivity index (χ0n) is 12.8. The first-order valence-electron chi connectivity index (χ1n) is 7.35. The minimum atomic E-state index is -0.857. The number of carbonyl (C=O) groups is 1. The number of aromatic nitrogens is 1. The summed E-state index contributed by atoms with van der Waals surface area (Å²) in [5.74, 6) is -0.857. The Morgan fingerprint density at radius 2 is 2.10 bits per heavy atom. The lowest BCUT2D eigenvalue weighted by Crippen LogP contribution is -2.27. The largest absolute Gasteiger partial charge is 0.477 e. The maximum atomic E-state index is 11.5. The summed E-state index contributed by atoms with van der Waals surface area (Å²) in [6.07, 6.45) is 4.68. The molecule has 5 heteroatoms. The number of rotatable bonds is 6. The summed E-state index contributed by atoms with van der Waals surface area (Å²) in [5, 5.41) is 10.3. The second kappa shape index (κ2) is 5.72. The summed E-state index contributed by atoms with van der Waals surface area (Å²) in [6, 6.07) is 0.571. The third kappa shape index (κ3) is 3.32. The Morgan fingerprint density at radius 1 is 1.45 bits per heavy atom. The predicted molar refractivity (Wildman–Crippen MR) is 83.0 cm³/mol. The van der Waals surface area contributed by atoms with Crippen molar-refractivity contribution in [2.75, 3.05) is 11.4 Å².